The molecule has 0 saturated carbocycles. The van der Waals surface area contributed by atoms with Crippen LogP contribution in [0.15, 0.2) is 48.5 Å². The average molecular weight is 403 g/mol. The standard InChI is InChI=1S/C23H25N5O2/c1-3-28(10-11-29)21-9-8-15(12-20(21)26-2)17-13-19(27-23(25)18(17)14-24)16-6-4-5-7-22(16)30/h4-9,12-13,26,29-30H,3,10-11H2,1-2H3,(H2,25,27). The molecule has 0 unspecified atom stereocenters. The van der Waals surface area contributed by atoms with Crippen LogP contribution in [0.2, 0.25) is 0 Å². The summed E-state index contributed by atoms with van der Waals surface area (Å²) in [5.74, 6) is 0.202. The van der Waals surface area contributed by atoms with Gasteiger partial charge in [0.25, 0.3) is 0 Å². The lowest BCUT2D eigenvalue weighted by Gasteiger charge is -2.25. The summed E-state index contributed by atoms with van der Waals surface area (Å²) in [6.45, 7) is 3.35. The molecule has 0 radical (unpaired) electrons. The maximum absolute atomic E-state index is 10.2. The smallest absolute Gasteiger partial charge is 0.142 e. The molecule has 2 aromatic carbocycles. The molecule has 0 aliphatic rings. The Morgan fingerprint density at radius 1 is 1.17 bits per heavy atom. The molecule has 5 N–H and O–H groups in total. The van der Waals surface area contributed by atoms with Crippen molar-refractivity contribution in [3.63, 3.8) is 0 Å². The van der Waals surface area contributed by atoms with E-state index in [0.29, 0.717) is 23.4 Å². The summed E-state index contributed by atoms with van der Waals surface area (Å²) in [5.41, 5.74) is 10.7. The van der Waals surface area contributed by atoms with E-state index in [-0.39, 0.29) is 23.7 Å². The molecule has 0 atom stereocenters. The van der Waals surface area contributed by atoms with E-state index in [1.807, 2.05) is 32.2 Å². The van der Waals surface area contributed by atoms with Crippen molar-refractivity contribution in [2.24, 2.45) is 0 Å². The topological polar surface area (TPSA) is 118 Å². The van der Waals surface area contributed by atoms with Crippen LogP contribution in [0.3, 0.4) is 0 Å². The van der Waals surface area contributed by atoms with Gasteiger partial charge in [-0.25, -0.2) is 4.98 Å². The summed E-state index contributed by atoms with van der Waals surface area (Å²) in [7, 11) is 1.83. The van der Waals surface area contributed by atoms with Gasteiger partial charge in [-0.2, -0.15) is 5.26 Å². The highest BCUT2D eigenvalue weighted by molar-refractivity contribution is 5.85. The number of nitrogens with zero attached hydrogens (tertiary/aromatic N) is 3. The minimum Gasteiger partial charge on any atom is -0.507 e. The van der Waals surface area contributed by atoms with Gasteiger partial charge in [0.05, 0.1) is 23.7 Å². The van der Waals surface area contributed by atoms with Gasteiger partial charge in [0.15, 0.2) is 0 Å². The lowest BCUT2D eigenvalue weighted by atomic mass is 9.97. The van der Waals surface area contributed by atoms with E-state index in [0.717, 1.165) is 23.5 Å². The summed E-state index contributed by atoms with van der Waals surface area (Å²) in [5, 5.41) is 32.4. The van der Waals surface area contributed by atoms with Gasteiger partial charge in [0.1, 0.15) is 23.2 Å². The fraction of sp³-hybridized carbons (Fsp3) is 0.217. The second-order valence-electron chi connectivity index (χ2n) is 6.73. The number of nitrogens with two attached hydrogens (primary N) is 1. The van der Waals surface area contributed by atoms with Crippen molar-refractivity contribution in [2.75, 3.05) is 42.7 Å². The minimum absolute atomic E-state index is 0.0577. The fourth-order valence-electron chi connectivity index (χ4n) is 3.49. The van der Waals surface area contributed by atoms with E-state index >= 15 is 0 Å². The molecule has 3 aromatic rings. The first-order valence-corrected chi connectivity index (χ1v) is 9.71. The molecule has 0 aliphatic carbocycles. The Morgan fingerprint density at radius 2 is 1.93 bits per heavy atom. The lowest BCUT2D eigenvalue weighted by molar-refractivity contribution is 0.302. The number of rotatable bonds is 7. The number of aliphatic hydroxyl groups excluding tert-OH is 1. The molecule has 0 fully saturated rings. The van der Waals surface area contributed by atoms with Gasteiger partial charge >= 0.3 is 0 Å². The number of phenols is 1. The van der Waals surface area contributed by atoms with Crippen molar-refractivity contribution in [2.45, 2.75) is 6.92 Å². The Hall–Kier alpha value is -3.76. The van der Waals surface area contributed by atoms with Crippen molar-refractivity contribution in [3.8, 4) is 34.2 Å². The number of pyridine rings is 1. The third-order valence-electron chi connectivity index (χ3n) is 5.01. The van der Waals surface area contributed by atoms with Gasteiger partial charge in [-0.1, -0.05) is 18.2 Å². The molecule has 1 heterocycles. The highest BCUT2D eigenvalue weighted by Gasteiger charge is 2.17. The Bertz CT molecular complexity index is 1090. The third kappa shape index (κ3) is 4.00. The number of hydrogen-bond donors (Lipinski definition) is 4. The number of aromatic nitrogens is 1. The third-order valence-corrected chi connectivity index (χ3v) is 5.01. The zero-order valence-electron chi connectivity index (χ0n) is 17.1. The monoisotopic (exact) mass is 403 g/mol. The van der Waals surface area contributed by atoms with Crippen LogP contribution in [0.5, 0.6) is 5.75 Å². The molecule has 0 bridgehead atoms. The number of nitrogen functional groups attached to an aromatic ring is 1. The quantitative estimate of drug-likeness (QED) is 0.477. The van der Waals surface area contributed by atoms with Crippen LogP contribution >= 0.6 is 0 Å². The molecule has 7 nitrogen and oxygen atoms in total. The number of aromatic hydroxyl groups is 1. The molecule has 30 heavy (non-hydrogen) atoms. The summed E-state index contributed by atoms with van der Waals surface area (Å²) >= 11 is 0. The molecule has 1 aromatic heterocycles. The lowest BCUT2D eigenvalue weighted by Crippen LogP contribution is -2.26. The van der Waals surface area contributed by atoms with Crippen LogP contribution in [0.4, 0.5) is 17.2 Å². The van der Waals surface area contributed by atoms with E-state index < -0.39 is 0 Å². The largest absolute Gasteiger partial charge is 0.507 e. The number of benzene rings is 2. The minimum atomic E-state index is 0.0577. The molecule has 154 valence electrons. The van der Waals surface area contributed by atoms with E-state index in [1.165, 1.54) is 0 Å². The molecular formula is C23H25N5O2. The number of aliphatic hydroxyl groups is 1. The maximum atomic E-state index is 10.2. The molecular weight excluding hydrogens is 378 g/mol. The summed E-state index contributed by atoms with van der Waals surface area (Å²) in [6.07, 6.45) is 0. The number of hydrogen-bond acceptors (Lipinski definition) is 7. The summed E-state index contributed by atoms with van der Waals surface area (Å²) in [4.78, 5) is 6.40. The van der Waals surface area contributed by atoms with Gasteiger partial charge in [-0.3, -0.25) is 0 Å². The highest BCUT2D eigenvalue weighted by Crippen LogP contribution is 2.37. The van der Waals surface area contributed by atoms with Crippen molar-refractivity contribution >= 4 is 17.2 Å². The second kappa shape index (κ2) is 9.16. The number of anilines is 3. The van der Waals surface area contributed by atoms with Crippen molar-refractivity contribution in [3.05, 3.63) is 54.1 Å². The van der Waals surface area contributed by atoms with Crippen molar-refractivity contribution in [1.82, 2.24) is 4.98 Å². The number of likely N-dealkylation sites (N-methyl/N-ethyl adjacent to an activating group) is 1. The predicted molar refractivity (Wildman–Crippen MR) is 120 cm³/mol. The first-order valence-electron chi connectivity index (χ1n) is 9.71. The van der Waals surface area contributed by atoms with Crippen LogP contribution in [0.1, 0.15) is 12.5 Å². The van der Waals surface area contributed by atoms with Crippen molar-refractivity contribution in [1.29, 1.82) is 5.26 Å². The predicted octanol–water partition coefficient (Wildman–Crippen LogP) is 3.44. The first kappa shape index (κ1) is 21.0. The summed E-state index contributed by atoms with van der Waals surface area (Å²) < 4.78 is 0. The molecule has 3 rings (SSSR count). The first-order chi connectivity index (χ1) is 14.5. The van der Waals surface area contributed by atoms with E-state index in [4.69, 9.17) is 5.73 Å². The number of nitrogens with one attached hydrogen (secondary N) is 1. The number of phenolic OH excluding ortho intramolecular Hbond substituents is 1. The molecule has 0 aliphatic heterocycles. The maximum Gasteiger partial charge on any atom is 0.142 e. The second-order valence-corrected chi connectivity index (χ2v) is 6.73. The normalized spacial score (nSPS) is 10.5. The SMILES string of the molecule is CCN(CCO)c1ccc(-c2cc(-c3ccccc3O)nc(N)c2C#N)cc1NC. The average Bonchev–Trinajstić information content (AvgIpc) is 2.77. The van der Waals surface area contributed by atoms with E-state index in [2.05, 4.69) is 21.3 Å². The van der Waals surface area contributed by atoms with Gasteiger partial charge < -0.3 is 26.2 Å². The number of nitriles is 1. The molecule has 0 spiro atoms. The van der Waals surface area contributed by atoms with Gasteiger partial charge in [0, 0.05) is 31.3 Å². The van der Waals surface area contributed by atoms with Gasteiger partial charge in [0.2, 0.25) is 0 Å². The van der Waals surface area contributed by atoms with Gasteiger partial charge in [-0.15, -0.1) is 0 Å². The Balaban J connectivity index is 2.17. The summed E-state index contributed by atoms with van der Waals surface area (Å²) in [6, 6.07) is 16.6. The van der Waals surface area contributed by atoms with Crippen LogP contribution in [0, 0.1) is 11.3 Å². The molecule has 0 amide bonds. The van der Waals surface area contributed by atoms with Gasteiger partial charge in [-0.05, 0) is 42.8 Å². The zero-order chi connectivity index (χ0) is 21.7. The van der Waals surface area contributed by atoms with Crippen LogP contribution in [-0.4, -0.2) is 41.9 Å². The van der Waals surface area contributed by atoms with E-state index in [9.17, 15) is 15.5 Å². The fourth-order valence-corrected chi connectivity index (χ4v) is 3.49. The van der Waals surface area contributed by atoms with Crippen LogP contribution < -0.4 is 16.0 Å². The Morgan fingerprint density at radius 3 is 2.57 bits per heavy atom. The molecule has 0 saturated heterocycles. The van der Waals surface area contributed by atoms with E-state index in [1.54, 1.807) is 30.3 Å². The zero-order valence-corrected chi connectivity index (χ0v) is 17.1. The Labute approximate surface area is 176 Å². The van der Waals surface area contributed by atoms with Crippen LogP contribution in [-0.2, 0) is 0 Å². The molecule has 7 heteroatoms. The Kier molecular flexibility index (Phi) is 6.40. The van der Waals surface area contributed by atoms with Crippen molar-refractivity contribution < 1.29 is 10.2 Å². The number of para-hydroxylation sites is 1. The highest BCUT2D eigenvalue weighted by atomic mass is 16.3. The van der Waals surface area contributed by atoms with Crippen LogP contribution in [0.25, 0.3) is 22.4 Å².